The number of para-hydroxylation sites is 2. The molecule has 1 heterocycles. The van der Waals surface area contributed by atoms with E-state index in [9.17, 15) is 23.2 Å². The second-order valence-electron chi connectivity index (χ2n) is 6.99. The molecular weight excluding hydrogens is 410 g/mol. The summed E-state index contributed by atoms with van der Waals surface area (Å²) >= 11 is 0. The lowest BCUT2D eigenvalue weighted by molar-refractivity contribution is -0.152. The number of ether oxygens (including phenoxy) is 2. The highest BCUT2D eigenvalue weighted by Gasteiger charge is 2.22. The van der Waals surface area contributed by atoms with Gasteiger partial charge in [0.05, 0.1) is 12.1 Å². The molecule has 0 aliphatic carbocycles. The smallest absolute Gasteiger partial charge is 0.387 e. The van der Waals surface area contributed by atoms with Crippen LogP contribution in [0.2, 0.25) is 0 Å². The SMILES string of the molecule is C[C@H](OC(=O)Cc1ccc(N2CCCC2=O)cc1)C(=O)Nc1ccccc1OC(F)F. The van der Waals surface area contributed by atoms with E-state index < -0.39 is 24.6 Å². The maximum Gasteiger partial charge on any atom is 0.387 e. The third kappa shape index (κ3) is 6.00. The van der Waals surface area contributed by atoms with Crippen LogP contribution in [0.15, 0.2) is 48.5 Å². The molecule has 31 heavy (non-hydrogen) atoms. The van der Waals surface area contributed by atoms with Gasteiger partial charge in [-0.15, -0.1) is 0 Å². The second kappa shape index (κ2) is 10.0. The van der Waals surface area contributed by atoms with E-state index in [0.29, 0.717) is 18.5 Å². The van der Waals surface area contributed by atoms with Crippen molar-refractivity contribution in [2.45, 2.75) is 38.9 Å². The van der Waals surface area contributed by atoms with Gasteiger partial charge in [0.2, 0.25) is 5.91 Å². The summed E-state index contributed by atoms with van der Waals surface area (Å²) in [4.78, 5) is 38.0. The summed E-state index contributed by atoms with van der Waals surface area (Å²) in [6.45, 7) is -0.979. The number of carbonyl (C=O) groups excluding carboxylic acids is 3. The molecular formula is C22H22F2N2O5. The van der Waals surface area contributed by atoms with Crippen LogP contribution in [0.5, 0.6) is 5.75 Å². The molecule has 1 N–H and O–H groups in total. The van der Waals surface area contributed by atoms with Crippen LogP contribution in [-0.2, 0) is 25.5 Å². The Bertz CT molecular complexity index is 949. The summed E-state index contributed by atoms with van der Waals surface area (Å²) in [6.07, 6.45) is 0.156. The van der Waals surface area contributed by atoms with Crippen LogP contribution in [0.25, 0.3) is 0 Å². The Morgan fingerprint density at radius 3 is 2.48 bits per heavy atom. The van der Waals surface area contributed by atoms with Crippen LogP contribution < -0.4 is 15.0 Å². The van der Waals surface area contributed by atoms with Gasteiger partial charge in [0.25, 0.3) is 5.91 Å². The molecule has 2 amide bonds. The number of benzene rings is 2. The zero-order chi connectivity index (χ0) is 22.4. The summed E-state index contributed by atoms with van der Waals surface area (Å²) in [5.41, 5.74) is 1.49. The van der Waals surface area contributed by atoms with Gasteiger partial charge in [-0.3, -0.25) is 14.4 Å². The number of amides is 2. The van der Waals surface area contributed by atoms with Crippen LogP contribution in [0.1, 0.15) is 25.3 Å². The van der Waals surface area contributed by atoms with Gasteiger partial charge in [0.15, 0.2) is 6.10 Å². The standard InChI is InChI=1S/C22H22F2N2O5/c1-14(21(29)25-17-5-2-3-6-18(17)31-22(23)24)30-20(28)13-15-8-10-16(11-9-15)26-12-4-7-19(26)27/h2-3,5-6,8-11,14,22H,4,7,12-13H2,1H3,(H,25,29)/t14-/m0/s1. The molecule has 0 aromatic heterocycles. The molecule has 9 heteroatoms. The van der Waals surface area contributed by atoms with Crippen molar-refractivity contribution in [2.24, 2.45) is 0 Å². The number of hydrogen-bond acceptors (Lipinski definition) is 5. The highest BCUT2D eigenvalue weighted by atomic mass is 19.3. The van der Waals surface area contributed by atoms with E-state index in [2.05, 4.69) is 10.1 Å². The van der Waals surface area contributed by atoms with Gasteiger partial charge in [0, 0.05) is 18.7 Å². The Morgan fingerprint density at radius 2 is 1.84 bits per heavy atom. The fourth-order valence-corrected chi connectivity index (χ4v) is 3.18. The van der Waals surface area contributed by atoms with Gasteiger partial charge in [-0.05, 0) is 43.2 Å². The summed E-state index contributed by atoms with van der Waals surface area (Å²) in [7, 11) is 0. The molecule has 1 fully saturated rings. The first kappa shape index (κ1) is 22.2. The highest BCUT2D eigenvalue weighted by Crippen LogP contribution is 2.26. The van der Waals surface area contributed by atoms with Crippen LogP contribution in [0.4, 0.5) is 20.2 Å². The van der Waals surface area contributed by atoms with Crippen molar-refractivity contribution in [3.05, 3.63) is 54.1 Å². The monoisotopic (exact) mass is 432 g/mol. The Labute approximate surface area is 177 Å². The molecule has 1 aliphatic rings. The van der Waals surface area contributed by atoms with Gasteiger partial charge >= 0.3 is 12.6 Å². The van der Waals surface area contributed by atoms with Crippen molar-refractivity contribution in [1.82, 2.24) is 0 Å². The van der Waals surface area contributed by atoms with E-state index in [4.69, 9.17) is 4.74 Å². The number of rotatable bonds is 8. The maximum absolute atomic E-state index is 12.5. The summed E-state index contributed by atoms with van der Waals surface area (Å²) in [6, 6.07) is 12.7. The predicted octanol–water partition coefficient (Wildman–Crippen LogP) is 3.53. The van der Waals surface area contributed by atoms with E-state index in [1.165, 1.54) is 25.1 Å². The number of esters is 1. The summed E-state index contributed by atoms with van der Waals surface area (Å²) < 4.78 is 34.5. The number of nitrogens with zero attached hydrogens (tertiary/aromatic N) is 1. The van der Waals surface area contributed by atoms with Crippen LogP contribution in [0.3, 0.4) is 0 Å². The Morgan fingerprint density at radius 1 is 1.13 bits per heavy atom. The number of alkyl halides is 2. The van der Waals surface area contributed by atoms with Crippen molar-refractivity contribution < 1.29 is 32.6 Å². The van der Waals surface area contributed by atoms with Crippen molar-refractivity contribution in [3.63, 3.8) is 0 Å². The zero-order valence-corrected chi connectivity index (χ0v) is 16.8. The Balaban J connectivity index is 1.53. The lowest BCUT2D eigenvalue weighted by Crippen LogP contribution is -2.30. The third-order valence-corrected chi connectivity index (χ3v) is 4.71. The minimum atomic E-state index is -3.04. The fraction of sp³-hybridized carbons (Fsp3) is 0.318. The van der Waals surface area contributed by atoms with Gasteiger partial charge in [-0.1, -0.05) is 24.3 Å². The van der Waals surface area contributed by atoms with E-state index in [1.54, 1.807) is 35.2 Å². The predicted molar refractivity (Wildman–Crippen MR) is 109 cm³/mol. The molecule has 1 aliphatic heterocycles. The van der Waals surface area contributed by atoms with Crippen molar-refractivity contribution >= 4 is 29.2 Å². The largest absolute Gasteiger partial charge is 0.452 e. The molecule has 1 atom stereocenters. The highest BCUT2D eigenvalue weighted by molar-refractivity contribution is 5.96. The van der Waals surface area contributed by atoms with Crippen molar-refractivity contribution in [2.75, 3.05) is 16.8 Å². The third-order valence-electron chi connectivity index (χ3n) is 4.71. The average molecular weight is 432 g/mol. The first-order valence-electron chi connectivity index (χ1n) is 9.77. The van der Waals surface area contributed by atoms with Crippen molar-refractivity contribution in [1.29, 1.82) is 0 Å². The molecule has 0 spiro atoms. The Kier molecular flexibility index (Phi) is 7.17. The van der Waals surface area contributed by atoms with Crippen molar-refractivity contribution in [3.8, 4) is 5.75 Å². The van der Waals surface area contributed by atoms with Crippen LogP contribution >= 0.6 is 0 Å². The van der Waals surface area contributed by atoms with Gasteiger partial charge < -0.3 is 19.7 Å². The molecule has 1 saturated heterocycles. The minimum absolute atomic E-state index is 0.0442. The number of anilines is 2. The zero-order valence-electron chi connectivity index (χ0n) is 16.8. The van der Waals surface area contributed by atoms with E-state index in [0.717, 1.165) is 12.1 Å². The molecule has 2 aromatic rings. The minimum Gasteiger partial charge on any atom is -0.452 e. The number of halogens is 2. The van der Waals surface area contributed by atoms with Gasteiger partial charge in [0.1, 0.15) is 5.75 Å². The lowest BCUT2D eigenvalue weighted by atomic mass is 10.1. The van der Waals surface area contributed by atoms with Crippen LogP contribution in [0, 0.1) is 0 Å². The fourth-order valence-electron chi connectivity index (χ4n) is 3.18. The molecule has 7 nitrogen and oxygen atoms in total. The number of carbonyl (C=O) groups is 3. The average Bonchev–Trinajstić information content (AvgIpc) is 3.15. The van der Waals surface area contributed by atoms with E-state index in [-0.39, 0.29) is 23.8 Å². The Hall–Kier alpha value is -3.49. The second-order valence-corrected chi connectivity index (χ2v) is 6.99. The maximum atomic E-state index is 12.5. The molecule has 164 valence electrons. The molecule has 0 saturated carbocycles. The molecule has 0 unspecified atom stereocenters. The normalized spacial score (nSPS) is 14.5. The molecule has 2 aromatic carbocycles. The number of nitrogens with one attached hydrogen (secondary N) is 1. The summed E-state index contributed by atoms with van der Waals surface area (Å²) in [5.74, 6) is -1.42. The van der Waals surface area contributed by atoms with Crippen LogP contribution in [-0.4, -0.2) is 37.0 Å². The molecule has 3 rings (SSSR count). The molecule has 0 radical (unpaired) electrons. The first-order valence-corrected chi connectivity index (χ1v) is 9.77. The quantitative estimate of drug-likeness (QED) is 0.645. The summed E-state index contributed by atoms with van der Waals surface area (Å²) in [5, 5.41) is 2.42. The molecule has 0 bridgehead atoms. The lowest BCUT2D eigenvalue weighted by Gasteiger charge is -2.17. The topological polar surface area (TPSA) is 84.9 Å². The van der Waals surface area contributed by atoms with Gasteiger partial charge in [-0.2, -0.15) is 8.78 Å². The first-order chi connectivity index (χ1) is 14.8. The van der Waals surface area contributed by atoms with E-state index in [1.807, 2.05) is 0 Å². The number of hydrogen-bond donors (Lipinski definition) is 1. The van der Waals surface area contributed by atoms with Gasteiger partial charge in [-0.25, -0.2) is 0 Å². The van der Waals surface area contributed by atoms with E-state index >= 15 is 0 Å².